The van der Waals surface area contributed by atoms with E-state index in [1.54, 1.807) is 0 Å². The van der Waals surface area contributed by atoms with Crippen LogP contribution in [-0.2, 0) is 4.74 Å². The van der Waals surface area contributed by atoms with E-state index in [0.29, 0.717) is 17.9 Å². The van der Waals surface area contributed by atoms with Gasteiger partial charge in [-0.05, 0) is 43.9 Å². The molecule has 0 aromatic carbocycles. The lowest BCUT2D eigenvalue weighted by atomic mass is 9.88. The van der Waals surface area contributed by atoms with Gasteiger partial charge in [-0.2, -0.15) is 0 Å². The number of aliphatic hydroxyl groups excluding tert-OH is 1. The summed E-state index contributed by atoms with van der Waals surface area (Å²) in [4.78, 5) is 0. The number of rotatable bonds is 6. The van der Waals surface area contributed by atoms with Gasteiger partial charge in [0.1, 0.15) is 0 Å². The molecule has 0 bridgehead atoms. The molecule has 0 aliphatic heterocycles. The van der Waals surface area contributed by atoms with Crippen molar-refractivity contribution >= 4 is 0 Å². The monoisotopic (exact) mass is 214 g/mol. The molecule has 15 heavy (non-hydrogen) atoms. The Morgan fingerprint density at radius 3 is 2.33 bits per heavy atom. The second-order valence-electron chi connectivity index (χ2n) is 5.92. The van der Waals surface area contributed by atoms with Gasteiger partial charge in [-0.15, -0.1) is 0 Å². The normalized spacial score (nSPS) is 21.4. The lowest BCUT2D eigenvalue weighted by molar-refractivity contribution is -0.0507. The second kappa shape index (κ2) is 5.31. The van der Waals surface area contributed by atoms with Crippen LogP contribution in [0.5, 0.6) is 0 Å². The van der Waals surface area contributed by atoms with Crippen molar-refractivity contribution in [3.8, 4) is 0 Å². The van der Waals surface area contributed by atoms with Crippen molar-refractivity contribution in [1.29, 1.82) is 0 Å². The minimum Gasteiger partial charge on any atom is -0.390 e. The first-order valence-electron chi connectivity index (χ1n) is 6.23. The fourth-order valence-electron chi connectivity index (χ4n) is 1.92. The van der Waals surface area contributed by atoms with E-state index in [2.05, 4.69) is 20.8 Å². The fraction of sp³-hybridized carbons (Fsp3) is 1.00. The van der Waals surface area contributed by atoms with Crippen molar-refractivity contribution < 1.29 is 9.84 Å². The third-order valence-corrected chi connectivity index (χ3v) is 3.02. The quantitative estimate of drug-likeness (QED) is 0.736. The summed E-state index contributed by atoms with van der Waals surface area (Å²) >= 11 is 0. The summed E-state index contributed by atoms with van der Waals surface area (Å²) < 4.78 is 5.64. The van der Waals surface area contributed by atoms with Crippen LogP contribution in [0, 0.1) is 11.3 Å². The summed E-state index contributed by atoms with van der Waals surface area (Å²) in [7, 11) is 0. The van der Waals surface area contributed by atoms with Crippen LogP contribution >= 0.6 is 0 Å². The maximum Gasteiger partial charge on any atom is 0.0861 e. The van der Waals surface area contributed by atoms with Gasteiger partial charge in [-0.25, -0.2) is 0 Å². The molecule has 1 aliphatic rings. The zero-order valence-electron chi connectivity index (χ0n) is 10.6. The molecule has 2 nitrogen and oxygen atoms in total. The van der Waals surface area contributed by atoms with E-state index >= 15 is 0 Å². The Bertz CT molecular complexity index is 179. The van der Waals surface area contributed by atoms with Gasteiger partial charge < -0.3 is 9.84 Å². The van der Waals surface area contributed by atoms with Gasteiger partial charge in [0.05, 0.1) is 12.2 Å². The van der Waals surface area contributed by atoms with Crippen molar-refractivity contribution in [2.45, 2.75) is 65.6 Å². The summed E-state index contributed by atoms with van der Waals surface area (Å²) in [5.41, 5.74) is 0.307. The van der Waals surface area contributed by atoms with E-state index in [9.17, 15) is 5.11 Å². The van der Waals surface area contributed by atoms with Crippen molar-refractivity contribution in [3.05, 3.63) is 0 Å². The zero-order chi connectivity index (χ0) is 11.5. The van der Waals surface area contributed by atoms with E-state index in [1.807, 2.05) is 6.92 Å². The zero-order valence-corrected chi connectivity index (χ0v) is 10.6. The maximum atomic E-state index is 10.1. The Morgan fingerprint density at radius 1 is 1.33 bits per heavy atom. The first-order valence-corrected chi connectivity index (χ1v) is 6.23. The van der Waals surface area contributed by atoms with Gasteiger partial charge in [0.25, 0.3) is 0 Å². The van der Waals surface area contributed by atoms with Crippen LogP contribution in [0.15, 0.2) is 0 Å². The molecule has 0 saturated heterocycles. The Kier molecular flexibility index (Phi) is 4.60. The third kappa shape index (κ3) is 4.98. The number of hydrogen-bond acceptors (Lipinski definition) is 2. The lowest BCUT2D eigenvalue weighted by Crippen LogP contribution is -2.32. The molecule has 2 heteroatoms. The van der Waals surface area contributed by atoms with Gasteiger partial charge in [0, 0.05) is 6.61 Å². The molecule has 1 rings (SSSR count). The summed E-state index contributed by atoms with van der Waals surface area (Å²) in [6.07, 6.45) is 4.22. The molecule has 1 N–H and O–H groups in total. The highest BCUT2D eigenvalue weighted by Crippen LogP contribution is 2.37. The summed E-state index contributed by atoms with van der Waals surface area (Å²) in [5, 5.41) is 10.1. The van der Waals surface area contributed by atoms with Gasteiger partial charge in [0.2, 0.25) is 0 Å². The minimum absolute atomic E-state index is 0.0948. The van der Waals surface area contributed by atoms with Crippen molar-refractivity contribution in [2.24, 2.45) is 11.3 Å². The maximum absolute atomic E-state index is 10.1. The van der Waals surface area contributed by atoms with Gasteiger partial charge in [0.15, 0.2) is 0 Å². The second-order valence-corrected chi connectivity index (χ2v) is 5.92. The molecule has 2 atom stereocenters. The minimum atomic E-state index is -0.267. The average Bonchev–Trinajstić information content (AvgIpc) is 2.92. The molecule has 0 spiro atoms. The lowest BCUT2D eigenvalue weighted by Gasteiger charge is -2.26. The molecular weight excluding hydrogens is 188 g/mol. The van der Waals surface area contributed by atoms with Gasteiger partial charge >= 0.3 is 0 Å². The topological polar surface area (TPSA) is 29.5 Å². The first kappa shape index (κ1) is 13.0. The molecule has 1 saturated carbocycles. The Labute approximate surface area is 94.0 Å². The van der Waals surface area contributed by atoms with Crippen molar-refractivity contribution in [2.75, 3.05) is 6.61 Å². The highest BCUT2D eigenvalue weighted by Gasteiger charge is 2.36. The third-order valence-electron chi connectivity index (χ3n) is 3.02. The SMILES string of the molecule is CCOC(C(O)CCC(C)(C)C)C1CC1. The Hall–Kier alpha value is -0.0800. The molecule has 1 aliphatic carbocycles. The number of ether oxygens (including phenoxy) is 1. The summed E-state index contributed by atoms with van der Waals surface area (Å²) in [6, 6.07) is 0. The number of aliphatic hydroxyl groups is 1. The number of hydrogen-bond donors (Lipinski definition) is 1. The van der Waals surface area contributed by atoms with Crippen molar-refractivity contribution in [3.63, 3.8) is 0 Å². The fourth-order valence-corrected chi connectivity index (χ4v) is 1.92. The molecular formula is C13H26O2. The summed E-state index contributed by atoms with van der Waals surface area (Å²) in [6.45, 7) is 9.37. The molecule has 2 unspecified atom stereocenters. The van der Waals surface area contributed by atoms with Crippen LogP contribution in [0.4, 0.5) is 0 Å². The van der Waals surface area contributed by atoms with Crippen LogP contribution in [0.2, 0.25) is 0 Å². The first-order chi connectivity index (χ1) is 6.94. The van der Waals surface area contributed by atoms with E-state index < -0.39 is 0 Å². The Balaban J connectivity index is 2.32. The standard InChI is InChI=1S/C13H26O2/c1-5-15-12(10-6-7-10)11(14)8-9-13(2,3)4/h10-12,14H,5-9H2,1-4H3. The van der Waals surface area contributed by atoms with Gasteiger partial charge in [-0.1, -0.05) is 20.8 Å². The van der Waals surface area contributed by atoms with Crippen LogP contribution in [0.3, 0.4) is 0 Å². The van der Waals surface area contributed by atoms with E-state index in [0.717, 1.165) is 12.8 Å². The van der Waals surface area contributed by atoms with Crippen molar-refractivity contribution in [1.82, 2.24) is 0 Å². The largest absolute Gasteiger partial charge is 0.390 e. The van der Waals surface area contributed by atoms with E-state index in [1.165, 1.54) is 12.8 Å². The van der Waals surface area contributed by atoms with E-state index in [-0.39, 0.29) is 12.2 Å². The highest BCUT2D eigenvalue weighted by atomic mass is 16.5. The predicted octanol–water partition coefficient (Wildman–Crippen LogP) is 2.99. The van der Waals surface area contributed by atoms with Crippen LogP contribution in [-0.4, -0.2) is 23.9 Å². The molecule has 1 fully saturated rings. The molecule has 0 radical (unpaired) electrons. The molecule has 0 amide bonds. The van der Waals surface area contributed by atoms with E-state index in [4.69, 9.17) is 4.74 Å². The Morgan fingerprint density at radius 2 is 1.93 bits per heavy atom. The summed E-state index contributed by atoms with van der Waals surface area (Å²) in [5.74, 6) is 0.625. The van der Waals surface area contributed by atoms with Crippen LogP contribution < -0.4 is 0 Å². The average molecular weight is 214 g/mol. The molecule has 0 aromatic heterocycles. The molecule has 0 aromatic rings. The van der Waals surface area contributed by atoms with Gasteiger partial charge in [-0.3, -0.25) is 0 Å². The molecule has 0 heterocycles. The highest BCUT2D eigenvalue weighted by molar-refractivity contribution is 4.87. The predicted molar refractivity (Wildman–Crippen MR) is 62.8 cm³/mol. The molecule has 90 valence electrons. The smallest absolute Gasteiger partial charge is 0.0861 e. The van der Waals surface area contributed by atoms with Crippen LogP contribution in [0.25, 0.3) is 0 Å². The van der Waals surface area contributed by atoms with Crippen LogP contribution in [0.1, 0.15) is 53.4 Å².